The first-order valence-corrected chi connectivity index (χ1v) is 7.31. The van der Waals surface area contributed by atoms with Crippen molar-refractivity contribution < 1.29 is 0 Å². The Morgan fingerprint density at radius 3 is 2.60 bits per heavy atom. The average Bonchev–Trinajstić information content (AvgIpc) is 3.34. The summed E-state index contributed by atoms with van der Waals surface area (Å²) < 4.78 is 0. The van der Waals surface area contributed by atoms with E-state index < -0.39 is 0 Å². The van der Waals surface area contributed by atoms with Gasteiger partial charge in [0, 0.05) is 25.1 Å². The van der Waals surface area contributed by atoms with Gasteiger partial charge < -0.3 is 5.32 Å². The monoisotopic (exact) mass is 268 g/mol. The van der Waals surface area contributed by atoms with Gasteiger partial charge in [0.1, 0.15) is 5.82 Å². The Kier molecular flexibility index (Phi) is 4.02. The maximum absolute atomic E-state index is 4.49. The first-order valence-electron chi connectivity index (χ1n) is 7.31. The Morgan fingerprint density at radius 2 is 2.00 bits per heavy atom. The van der Waals surface area contributed by atoms with Crippen molar-refractivity contribution in [3.05, 3.63) is 53.9 Å². The Hall–Kier alpha value is -1.81. The average molecular weight is 268 g/mol. The summed E-state index contributed by atoms with van der Waals surface area (Å²) in [5.41, 5.74) is 2.35. The number of pyridine rings is 1. The second-order valence-corrected chi connectivity index (χ2v) is 5.31. The van der Waals surface area contributed by atoms with Gasteiger partial charge in [0.15, 0.2) is 0 Å². The quantitative estimate of drug-likeness (QED) is 0.875. The van der Waals surface area contributed by atoms with E-state index in [-0.39, 0.29) is 6.04 Å². The molecule has 2 aromatic rings. The number of nitrogens with one attached hydrogen (secondary N) is 1. The molecule has 20 heavy (non-hydrogen) atoms. The Bertz CT molecular complexity index is 534. The Morgan fingerprint density at radius 1 is 1.20 bits per heavy atom. The van der Waals surface area contributed by atoms with E-state index in [2.05, 4.69) is 39.3 Å². The fraction of sp³-hybridized carbons (Fsp3) is 0.438. The van der Waals surface area contributed by atoms with Crippen molar-refractivity contribution in [3.63, 3.8) is 0 Å². The van der Waals surface area contributed by atoms with Crippen LogP contribution in [0.25, 0.3) is 0 Å². The Balaban J connectivity index is 1.65. The molecule has 0 spiro atoms. The summed E-state index contributed by atoms with van der Waals surface area (Å²) in [6.45, 7) is 2.91. The SMILES string of the molecule is CCc1ccc(CNC(c2ncccn2)C2CC2)nc1. The number of aryl methyl sites for hydroxylation is 1. The van der Waals surface area contributed by atoms with Crippen molar-refractivity contribution in [2.75, 3.05) is 0 Å². The molecule has 4 nitrogen and oxygen atoms in total. The zero-order chi connectivity index (χ0) is 13.8. The standard InChI is InChI=1S/C16H20N4/c1-2-12-4-7-14(19-10-12)11-20-15(13-5-6-13)16-17-8-3-9-18-16/h3-4,7-10,13,15,20H,2,5-6,11H2,1H3. The summed E-state index contributed by atoms with van der Waals surface area (Å²) in [6, 6.07) is 6.36. The van der Waals surface area contributed by atoms with Gasteiger partial charge in [-0.15, -0.1) is 0 Å². The van der Waals surface area contributed by atoms with Crippen molar-refractivity contribution in [2.24, 2.45) is 5.92 Å². The number of rotatable bonds is 6. The molecule has 1 aliphatic carbocycles. The van der Waals surface area contributed by atoms with Gasteiger partial charge in [-0.3, -0.25) is 4.98 Å². The van der Waals surface area contributed by atoms with Crippen molar-refractivity contribution >= 4 is 0 Å². The topological polar surface area (TPSA) is 50.7 Å². The molecule has 4 heteroatoms. The number of nitrogens with zero attached hydrogens (tertiary/aromatic N) is 3. The van der Waals surface area contributed by atoms with Crippen LogP contribution in [0.1, 0.15) is 42.9 Å². The van der Waals surface area contributed by atoms with Crippen LogP contribution in [-0.2, 0) is 13.0 Å². The zero-order valence-corrected chi connectivity index (χ0v) is 11.8. The third-order valence-corrected chi connectivity index (χ3v) is 3.75. The van der Waals surface area contributed by atoms with Gasteiger partial charge in [0.2, 0.25) is 0 Å². The molecular weight excluding hydrogens is 248 g/mol. The van der Waals surface area contributed by atoms with Gasteiger partial charge in [-0.05, 0) is 42.9 Å². The second-order valence-electron chi connectivity index (χ2n) is 5.31. The number of hydrogen-bond acceptors (Lipinski definition) is 4. The van der Waals surface area contributed by atoms with Crippen LogP contribution in [0.15, 0.2) is 36.8 Å². The normalized spacial score (nSPS) is 16.1. The summed E-state index contributed by atoms with van der Waals surface area (Å²) in [4.78, 5) is 13.3. The van der Waals surface area contributed by atoms with Crippen LogP contribution < -0.4 is 5.32 Å². The molecule has 1 N–H and O–H groups in total. The van der Waals surface area contributed by atoms with Gasteiger partial charge in [-0.25, -0.2) is 9.97 Å². The van der Waals surface area contributed by atoms with Crippen LogP contribution in [0.5, 0.6) is 0 Å². The highest BCUT2D eigenvalue weighted by atomic mass is 15.0. The van der Waals surface area contributed by atoms with Crippen LogP contribution in [0, 0.1) is 5.92 Å². The highest BCUT2D eigenvalue weighted by Gasteiger charge is 2.33. The first kappa shape index (κ1) is 13.2. The predicted molar refractivity (Wildman–Crippen MR) is 78.0 cm³/mol. The number of aromatic nitrogens is 3. The Labute approximate surface area is 119 Å². The van der Waals surface area contributed by atoms with Gasteiger partial charge in [-0.1, -0.05) is 13.0 Å². The molecule has 1 saturated carbocycles. The van der Waals surface area contributed by atoms with Gasteiger partial charge in [-0.2, -0.15) is 0 Å². The molecule has 2 heterocycles. The molecule has 3 rings (SSSR count). The molecule has 104 valence electrons. The van der Waals surface area contributed by atoms with Crippen LogP contribution in [-0.4, -0.2) is 15.0 Å². The highest BCUT2D eigenvalue weighted by Crippen LogP contribution is 2.39. The lowest BCUT2D eigenvalue weighted by molar-refractivity contribution is 0.454. The molecule has 0 amide bonds. The van der Waals surface area contributed by atoms with Crippen LogP contribution in [0.2, 0.25) is 0 Å². The first-order chi connectivity index (χ1) is 9.86. The van der Waals surface area contributed by atoms with E-state index >= 15 is 0 Å². The third-order valence-electron chi connectivity index (χ3n) is 3.75. The highest BCUT2D eigenvalue weighted by molar-refractivity contribution is 5.14. The van der Waals surface area contributed by atoms with E-state index in [0.29, 0.717) is 5.92 Å². The van der Waals surface area contributed by atoms with Crippen molar-refractivity contribution in [2.45, 2.75) is 38.8 Å². The van der Waals surface area contributed by atoms with E-state index in [1.807, 2.05) is 24.7 Å². The summed E-state index contributed by atoms with van der Waals surface area (Å²) in [5, 5.41) is 3.56. The lowest BCUT2D eigenvalue weighted by Crippen LogP contribution is -2.25. The molecule has 1 aliphatic rings. The molecule has 1 unspecified atom stereocenters. The summed E-state index contributed by atoms with van der Waals surface area (Å²) >= 11 is 0. The molecule has 2 aromatic heterocycles. The lowest BCUT2D eigenvalue weighted by Gasteiger charge is -2.16. The minimum atomic E-state index is 0.254. The van der Waals surface area contributed by atoms with E-state index in [4.69, 9.17) is 0 Å². The maximum Gasteiger partial charge on any atom is 0.145 e. The van der Waals surface area contributed by atoms with E-state index in [9.17, 15) is 0 Å². The van der Waals surface area contributed by atoms with Crippen LogP contribution >= 0.6 is 0 Å². The van der Waals surface area contributed by atoms with Gasteiger partial charge >= 0.3 is 0 Å². The van der Waals surface area contributed by atoms with E-state index in [1.54, 1.807) is 0 Å². The molecule has 0 aliphatic heterocycles. The smallest absolute Gasteiger partial charge is 0.145 e. The summed E-state index contributed by atoms with van der Waals surface area (Å²) in [7, 11) is 0. The largest absolute Gasteiger partial charge is 0.301 e. The van der Waals surface area contributed by atoms with Gasteiger partial charge in [0.25, 0.3) is 0 Å². The number of hydrogen-bond donors (Lipinski definition) is 1. The molecular formula is C16H20N4. The minimum absolute atomic E-state index is 0.254. The molecule has 1 atom stereocenters. The van der Waals surface area contributed by atoms with Crippen LogP contribution in [0.3, 0.4) is 0 Å². The molecule has 1 fully saturated rings. The summed E-state index contributed by atoms with van der Waals surface area (Å²) in [5.74, 6) is 1.58. The third kappa shape index (κ3) is 3.20. The molecule has 0 radical (unpaired) electrons. The second kappa shape index (κ2) is 6.09. The molecule has 0 saturated heterocycles. The summed E-state index contributed by atoms with van der Waals surface area (Å²) in [6.07, 6.45) is 9.14. The van der Waals surface area contributed by atoms with Crippen LogP contribution in [0.4, 0.5) is 0 Å². The van der Waals surface area contributed by atoms with E-state index in [1.165, 1.54) is 18.4 Å². The fourth-order valence-corrected chi connectivity index (χ4v) is 2.35. The zero-order valence-electron chi connectivity index (χ0n) is 11.8. The lowest BCUT2D eigenvalue weighted by atomic mass is 10.1. The molecule has 0 bridgehead atoms. The van der Waals surface area contributed by atoms with Gasteiger partial charge in [0.05, 0.1) is 11.7 Å². The van der Waals surface area contributed by atoms with E-state index in [0.717, 1.165) is 24.5 Å². The molecule has 0 aromatic carbocycles. The predicted octanol–water partition coefficient (Wildman–Crippen LogP) is 2.67. The van der Waals surface area contributed by atoms with Crippen molar-refractivity contribution in [1.29, 1.82) is 0 Å². The van der Waals surface area contributed by atoms with Crippen molar-refractivity contribution in [3.8, 4) is 0 Å². The van der Waals surface area contributed by atoms with Crippen molar-refractivity contribution in [1.82, 2.24) is 20.3 Å². The maximum atomic E-state index is 4.49. The fourth-order valence-electron chi connectivity index (χ4n) is 2.35. The minimum Gasteiger partial charge on any atom is -0.301 e.